The van der Waals surface area contributed by atoms with Gasteiger partial charge in [-0.05, 0) is 17.5 Å². The number of rotatable bonds is 3. The third-order valence-electron chi connectivity index (χ3n) is 4.90. The van der Waals surface area contributed by atoms with Gasteiger partial charge < -0.3 is 4.98 Å². The van der Waals surface area contributed by atoms with Crippen LogP contribution in [-0.2, 0) is 16.0 Å². The van der Waals surface area contributed by atoms with Gasteiger partial charge in [0.25, 0.3) is 0 Å². The number of piperidine rings is 1. The van der Waals surface area contributed by atoms with Crippen molar-refractivity contribution in [3.63, 3.8) is 0 Å². The molecule has 21 heavy (non-hydrogen) atoms. The molecule has 4 rings (SSSR count). The predicted molar refractivity (Wildman–Crippen MR) is 77.3 cm³/mol. The molecule has 1 aromatic heterocycles. The van der Waals surface area contributed by atoms with E-state index in [2.05, 4.69) is 9.97 Å². The largest absolute Gasteiger partial charge is 0.342 e. The maximum Gasteiger partial charge on any atom is 0.233 e. The summed E-state index contributed by atoms with van der Waals surface area (Å²) in [5.74, 6) is 0.607. The van der Waals surface area contributed by atoms with E-state index in [-0.39, 0.29) is 29.1 Å². The molecule has 2 atom stereocenters. The number of benzene rings is 1. The molecule has 0 spiro atoms. The van der Waals surface area contributed by atoms with Crippen molar-refractivity contribution < 1.29 is 9.59 Å². The third-order valence-corrected chi connectivity index (χ3v) is 4.90. The van der Waals surface area contributed by atoms with Gasteiger partial charge in [0, 0.05) is 13.0 Å². The van der Waals surface area contributed by atoms with E-state index in [1.807, 2.05) is 38.1 Å². The minimum absolute atomic E-state index is 0.00823. The molecule has 1 aliphatic heterocycles. The number of hydrogen-bond acceptors (Lipinski definition) is 3. The average molecular weight is 283 g/mol. The number of imidazole rings is 1. The lowest BCUT2D eigenvalue weighted by molar-refractivity contribution is -0.142. The topological polar surface area (TPSA) is 66.1 Å². The van der Waals surface area contributed by atoms with Crippen LogP contribution in [0.3, 0.4) is 0 Å². The second kappa shape index (κ2) is 3.93. The Morgan fingerprint density at radius 2 is 1.86 bits per heavy atom. The third kappa shape index (κ3) is 1.66. The molecule has 5 nitrogen and oxygen atoms in total. The molecule has 2 aromatic rings. The van der Waals surface area contributed by atoms with E-state index in [0.29, 0.717) is 13.0 Å². The fourth-order valence-corrected chi connectivity index (χ4v) is 3.57. The van der Waals surface area contributed by atoms with E-state index in [1.54, 1.807) is 0 Å². The number of carbonyl (C=O) groups excluding carboxylic acids is 2. The number of nitrogens with one attached hydrogen (secondary N) is 1. The molecule has 1 aliphatic carbocycles. The van der Waals surface area contributed by atoms with E-state index in [4.69, 9.17) is 0 Å². The van der Waals surface area contributed by atoms with Crippen LogP contribution in [-0.4, -0.2) is 33.2 Å². The van der Waals surface area contributed by atoms with Crippen LogP contribution < -0.4 is 0 Å². The highest BCUT2D eigenvalue weighted by Crippen LogP contribution is 2.63. The molecule has 2 heterocycles. The monoisotopic (exact) mass is 283 g/mol. The first-order valence-corrected chi connectivity index (χ1v) is 7.29. The van der Waals surface area contributed by atoms with Crippen LogP contribution in [0.2, 0.25) is 0 Å². The van der Waals surface area contributed by atoms with Crippen molar-refractivity contribution in [1.82, 2.24) is 14.9 Å². The molecule has 108 valence electrons. The summed E-state index contributed by atoms with van der Waals surface area (Å²) in [6.45, 7) is 4.41. The van der Waals surface area contributed by atoms with Gasteiger partial charge in [-0.1, -0.05) is 26.0 Å². The van der Waals surface area contributed by atoms with Gasteiger partial charge in [0.15, 0.2) is 0 Å². The van der Waals surface area contributed by atoms with Crippen LogP contribution >= 0.6 is 0 Å². The summed E-state index contributed by atoms with van der Waals surface area (Å²) in [7, 11) is 0. The molecule has 1 N–H and O–H groups in total. The molecule has 2 unspecified atom stereocenters. The van der Waals surface area contributed by atoms with Crippen molar-refractivity contribution in [3.8, 4) is 0 Å². The summed E-state index contributed by atoms with van der Waals surface area (Å²) in [6, 6.07) is 7.80. The lowest BCUT2D eigenvalue weighted by Gasteiger charge is -2.19. The summed E-state index contributed by atoms with van der Waals surface area (Å²) >= 11 is 0. The van der Waals surface area contributed by atoms with Gasteiger partial charge in [-0.3, -0.25) is 14.5 Å². The zero-order valence-corrected chi connectivity index (χ0v) is 12.1. The van der Waals surface area contributed by atoms with Crippen molar-refractivity contribution in [2.24, 2.45) is 17.3 Å². The van der Waals surface area contributed by atoms with E-state index in [0.717, 1.165) is 16.9 Å². The molecular weight excluding hydrogens is 266 g/mol. The summed E-state index contributed by atoms with van der Waals surface area (Å²) in [4.78, 5) is 33.6. The number of imide groups is 1. The van der Waals surface area contributed by atoms with Crippen molar-refractivity contribution in [3.05, 3.63) is 30.1 Å². The zero-order valence-electron chi connectivity index (χ0n) is 12.1. The van der Waals surface area contributed by atoms with Gasteiger partial charge in [0.1, 0.15) is 5.82 Å². The molecule has 1 saturated carbocycles. The summed E-state index contributed by atoms with van der Waals surface area (Å²) in [6.07, 6.45) is 0.575. The van der Waals surface area contributed by atoms with Gasteiger partial charge in [-0.15, -0.1) is 0 Å². The van der Waals surface area contributed by atoms with Crippen molar-refractivity contribution in [1.29, 1.82) is 0 Å². The molecule has 0 radical (unpaired) electrons. The average Bonchev–Trinajstić information content (AvgIpc) is 2.74. The van der Waals surface area contributed by atoms with Crippen LogP contribution in [0.25, 0.3) is 11.0 Å². The fraction of sp³-hybridized carbons (Fsp3) is 0.438. The first-order valence-electron chi connectivity index (χ1n) is 7.29. The van der Waals surface area contributed by atoms with Crippen LogP contribution in [0.5, 0.6) is 0 Å². The normalized spacial score (nSPS) is 26.5. The minimum Gasteiger partial charge on any atom is -0.342 e. The standard InChI is InChI=1S/C16H17N3O2/c1-16(2)12-13(16)15(21)19(14(12)20)8-7-11-17-9-5-3-4-6-10(9)18-11/h3-6,12-13H,7-8H2,1-2H3,(H,17,18). The van der Waals surface area contributed by atoms with Gasteiger partial charge in [-0.25, -0.2) is 4.98 Å². The van der Waals surface area contributed by atoms with Crippen molar-refractivity contribution in [2.75, 3.05) is 6.54 Å². The Kier molecular flexibility index (Phi) is 2.35. The molecule has 2 fully saturated rings. The van der Waals surface area contributed by atoms with E-state index in [1.165, 1.54) is 4.90 Å². The Hall–Kier alpha value is -2.17. The number of para-hydroxylation sites is 2. The Morgan fingerprint density at radius 1 is 1.19 bits per heavy atom. The second-order valence-electron chi connectivity index (χ2n) is 6.56. The highest BCUT2D eigenvalue weighted by Gasteiger charge is 2.72. The van der Waals surface area contributed by atoms with Crippen LogP contribution in [0.15, 0.2) is 24.3 Å². The molecular formula is C16H17N3O2. The lowest BCUT2D eigenvalue weighted by atomic mass is 10.1. The number of aromatic amines is 1. The number of fused-ring (bicyclic) bond motifs is 2. The van der Waals surface area contributed by atoms with Gasteiger partial charge in [-0.2, -0.15) is 0 Å². The second-order valence-corrected chi connectivity index (χ2v) is 6.56. The Bertz CT molecular complexity index is 705. The summed E-state index contributed by atoms with van der Waals surface area (Å²) in [5, 5.41) is 0. The number of hydrogen-bond donors (Lipinski definition) is 1. The fourth-order valence-electron chi connectivity index (χ4n) is 3.57. The van der Waals surface area contributed by atoms with E-state index >= 15 is 0 Å². The van der Waals surface area contributed by atoms with Crippen molar-refractivity contribution in [2.45, 2.75) is 20.3 Å². The van der Waals surface area contributed by atoms with Crippen LogP contribution in [0, 0.1) is 17.3 Å². The van der Waals surface area contributed by atoms with Crippen LogP contribution in [0.4, 0.5) is 0 Å². The predicted octanol–water partition coefficient (Wildman–Crippen LogP) is 1.75. The quantitative estimate of drug-likeness (QED) is 0.873. The maximum atomic E-state index is 12.2. The SMILES string of the molecule is CC1(C)C2C(=O)N(CCc3nc4ccccc4[nH]3)C(=O)C21. The molecule has 0 bridgehead atoms. The number of aromatic nitrogens is 2. The number of amides is 2. The van der Waals surface area contributed by atoms with Gasteiger partial charge in [0.2, 0.25) is 11.8 Å². The highest BCUT2D eigenvalue weighted by molar-refractivity contribution is 6.10. The molecule has 2 amide bonds. The summed E-state index contributed by atoms with van der Waals surface area (Å²) in [5.41, 5.74) is 1.76. The van der Waals surface area contributed by atoms with E-state index in [9.17, 15) is 9.59 Å². The van der Waals surface area contributed by atoms with E-state index < -0.39 is 0 Å². The van der Waals surface area contributed by atoms with Gasteiger partial charge >= 0.3 is 0 Å². The number of carbonyl (C=O) groups is 2. The first kappa shape index (κ1) is 12.6. The lowest BCUT2D eigenvalue weighted by Crippen LogP contribution is -2.37. The Balaban J connectivity index is 1.48. The smallest absolute Gasteiger partial charge is 0.233 e. The molecule has 1 aromatic carbocycles. The zero-order chi connectivity index (χ0) is 14.8. The summed E-state index contributed by atoms with van der Waals surface area (Å²) < 4.78 is 0. The highest BCUT2D eigenvalue weighted by atomic mass is 16.2. The number of nitrogens with zero attached hydrogens (tertiary/aromatic N) is 2. The Labute approximate surface area is 122 Å². The molecule has 1 saturated heterocycles. The maximum absolute atomic E-state index is 12.2. The minimum atomic E-state index is -0.135. The molecule has 5 heteroatoms. The van der Waals surface area contributed by atoms with Crippen molar-refractivity contribution >= 4 is 22.8 Å². The first-order chi connectivity index (χ1) is 10.00. The number of likely N-dealkylation sites (tertiary alicyclic amines) is 1. The van der Waals surface area contributed by atoms with Crippen LogP contribution in [0.1, 0.15) is 19.7 Å². The molecule has 2 aliphatic rings. The van der Waals surface area contributed by atoms with Gasteiger partial charge in [0.05, 0.1) is 22.9 Å². The Morgan fingerprint density at radius 3 is 2.52 bits per heavy atom. The number of H-pyrrole nitrogens is 1.